The summed E-state index contributed by atoms with van der Waals surface area (Å²) in [5.41, 5.74) is 4.47. The highest BCUT2D eigenvalue weighted by Crippen LogP contribution is 2.44. The molecule has 1 saturated heterocycles. The summed E-state index contributed by atoms with van der Waals surface area (Å²) in [6.07, 6.45) is 2.13. The van der Waals surface area contributed by atoms with Crippen LogP contribution in [-0.2, 0) is 20.9 Å². The molecule has 0 aromatic heterocycles. The molecule has 8 heteroatoms. The van der Waals surface area contributed by atoms with Crippen molar-refractivity contribution < 1.29 is 24.2 Å². The zero-order valence-electron chi connectivity index (χ0n) is 23.6. The van der Waals surface area contributed by atoms with E-state index in [0.29, 0.717) is 38.8 Å². The van der Waals surface area contributed by atoms with Crippen molar-refractivity contribution in [3.05, 3.63) is 95.6 Å². The molecule has 218 valence electrons. The Morgan fingerprint density at radius 3 is 2.12 bits per heavy atom. The van der Waals surface area contributed by atoms with Gasteiger partial charge < -0.3 is 20.5 Å². The van der Waals surface area contributed by atoms with E-state index in [-0.39, 0.29) is 18.4 Å². The first kappa shape index (κ1) is 28.0. The fraction of sp³-hybridized carbons (Fsp3) is 0.382. The lowest BCUT2D eigenvalue weighted by Crippen LogP contribution is -2.61. The van der Waals surface area contributed by atoms with Gasteiger partial charge in [-0.1, -0.05) is 85.3 Å². The molecule has 2 aliphatic carbocycles. The van der Waals surface area contributed by atoms with Crippen molar-refractivity contribution in [3.63, 3.8) is 0 Å². The molecule has 3 aromatic carbocycles. The summed E-state index contributed by atoms with van der Waals surface area (Å²) in [5, 5.41) is 16.0. The molecule has 0 radical (unpaired) electrons. The molecular formula is C34H37N3O5. The molecule has 8 nitrogen and oxygen atoms in total. The van der Waals surface area contributed by atoms with E-state index in [0.717, 1.165) is 35.2 Å². The summed E-state index contributed by atoms with van der Waals surface area (Å²) >= 11 is 0. The maximum atomic E-state index is 13.4. The maximum Gasteiger partial charge on any atom is 0.407 e. The maximum absolute atomic E-state index is 13.4. The summed E-state index contributed by atoms with van der Waals surface area (Å²) in [6.45, 7) is 2.10. The van der Waals surface area contributed by atoms with Crippen LogP contribution in [0.1, 0.15) is 54.7 Å². The Bertz CT molecular complexity index is 1400. The largest absolute Gasteiger partial charge is 0.480 e. The lowest BCUT2D eigenvalue weighted by molar-refractivity contribution is -0.151. The molecular weight excluding hydrogens is 530 g/mol. The van der Waals surface area contributed by atoms with E-state index in [1.54, 1.807) is 0 Å². The predicted molar refractivity (Wildman–Crippen MR) is 159 cm³/mol. The number of hydrogen-bond acceptors (Lipinski definition) is 5. The number of alkyl carbamates (subject to hydrolysis) is 1. The molecule has 0 spiro atoms. The van der Waals surface area contributed by atoms with Crippen molar-refractivity contribution in [1.82, 2.24) is 15.5 Å². The Balaban J connectivity index is 1.04. The van der Waals surface area contributed by atoms with Crippen LogP contribution < -0.4 is 10.6 Å². The van der Waals surface area contributed by atoms with Crippen molar-refractivity contribution in [1.29, 1.82) is 0 Å². The van der Waals surface area contributed by atoms with Gasteiger partial charge in [-0.15, -0.1) is 0 Å². The van der Waals surface area contributed by atoms with E-state index in [1.165, 1.54) is 5.56 Å². The first-order chi connectivity index (χ1) is 20.4. The lowest BCUT2D eigenvalue weighted by Gasteiger charge is -2.40. The number of carbonyl (C=O) groups is 3. The minimum Gasteiger partial charge on any atom is -0.480 e. The van der Waals surface area contributed by atoms with E-state index in [4.69, 9.17) is 4.74 Å². The van der Waals surface area contributed by atoms with Gasteiger partial charge in [-0.25, -0.2) is 9.59 Å². The number of rotatable bonds is 8. The summed E-state index contributed by atoms with van der Waals surface area (Å²) < 4.78 is 5.72. The Kier molecular flexibility index (Phi) is 7.98. The molecule has 2 fully saturated rings. The number of hydrogen-bond donors (Lipinski definition) is 3. The molecule has 2 amide bonds. The van der Waals surface area contributed by atoms with Gasteiger partial charge in [-0.2, -0.15) is 0 Å². The average molecular weight is 568 g/mol. The average Bonchev–Trinajstić information content (AvgIpc) is 3.60. The summed E-state index contributed by atoms with van der Waals surface area (Å²) in [6, 6.07) is 26.0. The van der Waals surface area contributed by atoms with Gasteiger partial charge in [-0.05, 0) is 53.5 Å². The number of likely N-dealkylation sites (tertiary alicyclic amines) is 1. The molecule has 3 aromatic rings. The SMILES string of the molecule is O=C(N[C@H]1CCC[C@H]1C(=O)NC1(C(=O)O)CCN(Cc2ccccc2)CC1)OCC1c2ccccc2-c2ccccc21. The third kappa shape index (κ3) is 5.63. The number of piperidine rings is 1. The molecule has 0 unspecified atom stereocenters. The highest BCUT2D eigenvalue weighted by molar-refractivity contribution is 5.89. The van der Waals surface area contributed by atoms with Gasteiger partial charge in [0.25, 0.3) is 0 Å². The van der Waals surface area contributed by atoms with Gasteiger partial charge >= 0.3 is 12.1 Å². The smallest absolute Gasteiger partial charge is 0.407 e. The molecule has 1 aliphatic heterocycles. The zero-order valence-corrected chi connectivity index (χ0v) is 23.6. The Morgan fingerprint density at radius 2 is 1.48 bits per heavy atom. The fourth-order valence-corrected chi connectivity index (χ4v) is 6.89. The van der Waals surface area contributed by atoms with E-state index in [9.17, 15) is 19.5 Å². The summed E-state index contributed by atoms with van der Waals surface area (Å²) in [5.74, 6) is -1.86. The van der Waals surface area contributed by atoms with Gasteiger partial charge in [0.05, 0.1) is 5.92 Å². The van der Waals surface area contributed by atoms with E-state index < -0.39 is 29.6 Å². The van der Waals surface area contributed by atoms with Crippen LogP contribution in [-0.4, -0.2) is 59.3 Å². The number of carboxylic acid groups (broad SMARTS) is 1. The monoisotopic (exact) mass is 567 g/mol. The third-order valence-corrected chi connectivity index (χ3v) is 9.23. The number of fused-ring (bicyclic) bond motifs is 3. The van der Waals surface area contributed by atoms with Gasteiger partial charge in [0.15, 0.2) is 0 Å². The third-order valence-electron chi connectivity index (χ3n) is 9.23. The van der Waals surface area contributed by atoms with Crippen molar-refractivity contribution in [2.45, 2.75) is 56.1 Å². The fourth-order valence-electron chi connectivity index (χ4n) is 6.89. The normalized spacial score (nSPS) is 21.2. The van der Waals surface area contributed by atoms with Crippen LogP contribution >= 0.6 is 0 Å². The van der Waals surface area contributed by atoms with Crippen molar-refractivity contribution in [2.75, 3.05) is 19.7 Å². The molecule has 3 aliphatic rings. The number of benzene rings is 3. The standard InChI is InChI=1S/C34H37N3O5/c38-31(36-34(32(39)40)17-19-37(20-18-34)21-23-9-2-1-3-10-23)28-15-8-16-30(28)35-33(41)42-22-29-26-13-6-4-11-24(26)25-12-5-7-14-27(25)29/h1-7,9-14,28-30H,8,15-22H2,(H,35,41)(H,36,38)(H,39,40)/t28-,30+/m1/s1. The minimum absolute atomic E-state index is 0.0472. The number of amides is 2. The van der Waals surface area contributed by atoms with E-state index in [2.05, 4.69) is 51.9 Å². The van der Waals surface area contributed by atoms with Crippen LogP contribution in [0.25, 0.3) is 11.1 Å². The van der Waals surface area contributed by atoms with Crippen LogP contribution in [0.5, 0.6) is 0 Å². The van der Waals surface area contributed by atoms with Crippen molar-refractivity contribution in [2.24, 2.45) is 5.92 Å². The molecule has 6 rings (SSSR count). The number of ether oxygens (including phenoxy) is 1. The molecule has 2 atom stereocenters. The molecule has 0 bridgehead atoms. The molecule has 1 heterocycles. The zero-order chi connectivity index (χ0) is 29.1. The highest BCUT2D eigenvalue weighted by Gasteiger charge is 2.45. The first-order valence-electron chi connectivity index (χ1n) is 14.9. The van der Waals surface area contributed by atoms with E-state index in [1.807, 2.05) is 42.5 Å². The molecule has 3 N–H and O–H groups in total. The summed E-state index contributed by atoms with van der Waals surface area (Å²) in [4.78, 5) is 41.0. The lowest BCUT2D eigenvalue weighted by atomic mass is 9.86. The number of nitrogens with zero attached hydrogens (tertiary/aromatic N) is 1. The Labute approximate surface area is 246 Å². The van der Waals surface area contributed by atoms with Gasteiger partial charge in [0.2, 0.25) is 5.91 Å². The van der Waals surface area contributed by atoms with Crippen LogP contribution in [0, 0.1) is 5.92 Å². The number of carboxylic acids is 1. The second-order valence-corrected chi connectivity index (χ2v) is 11.8. The minimum atomic E-state index is -1.30. The van der Waals surface area contributed by atoms with Gasteiger partial charge in [-0.3, -0.25) is 9.69 Å². The van der Waals surface area contributed by atoms with Crippen molar-refractivity contribution in [3.8, 4) is 11.1 Å². The van der Waals surface area contributed by atoms with Crippen LogP contribution in [0.4, 0.5) is 4.79 Å². The number of nitrogens with one attached hydrogen (secondary N) is 2. The number of aliphatic carboxylic acids is 1. The summed E-state index contributed by atoms with van der Waals surface area (Å²) in [7, 11) is 0. The highest BCUT2D eigenvalue weighted by atomic mass is 16.5. The first-order valence-corrected chi connectivity index (χ1v) is 14.9. The quantitative estimate of drug-likeness (QED) is 0.356. The number of carbonyl (C=O) groups excluding carboxylic acids is 2. The second kappa shape index (κ2) is 12.0. The Morgan fingerprint density at radius 1 is 0.857 bits per heavy atom. The second-order valence-electron chi connectivity index (χ2n) is 11.8. The topological polar surface area (TPSA) is 108 Å². The van der Waals surface area contributed by atoms with Gasteiger partial charge in [0.1, 0.15) is 12.1 Å². The van der Waals surface area contributed by atoms with Crippen LogP contribution in [0.3, 0.4) is 0 Å². The van der Waals surface area contributed by atoms with E-state index >= 15 is 0 Å². The predicted octanol–water partition coefficient (Wildman–Crippen LogP) is 4.93. The van der Waals surface area contributed by atoms with Crippen molar-refractivity contribution >= 4 is 18.0 Å². The van der Waals surface area contributed by atoms with Gasteiger partial charge in [0, 0.05) is 31.6 Å². The molecule has 1 saturated carbocycles. The van der Waals surface area contributed by atoms with Crippen LogP contribution in [0.2, 0.25) is 0 Å². The Hall–Kier alpha value is -4.17. The molecule has 42 heavy (non-hydrogen) atoms. The van der Waals surface area contributed by atoms with Crippen LogP contribution in [0.15, 0.2) is 78.9 Å².